The molecule has 0 aliphatic rings. The number of ether oxygens (including phenoxy) is 1. The summed E-state index contributed by atoms with van der Waals surface area (Å²) in [4.78, 5) is 41.4. The van der Waals surface area contributed by atoms with E-state index in [1.54, 1.807) is 37.3 Å². The van der Waals surface area contributed by atoms with E-state index in [0.29, 0.717) is 0 Å². The number of rotatable bonds is 5. The Bertz CT molecular complexity index is 804. The van der Waals surface area contributed by atoms with Gasteiger partial charge in [0.1, 0.15) is 6.10 Å². The average molecular weight is 430 g/mol. The molecule has 0 saturated carbocycles. The minimum atomic E-state index is -0.914. The van der Waals surface area contributed by atoms with Gasteiger partial charge in [-0.1, -0.05) is 48.3 Å². The summed E-state index contributed by atoms with van der Waals surface area (Å²) >= 11 is 0. The summed E-state index contributed by atoms with van der Waals surface area (Å²) < 4.78 is 4.86. The van der Waals surface area contributed by atoms with Crippen molar-refractivity contribution in [3.8, 4) is 23.7 Å². The number of allylic oxidation sites excluding steroid dienone is 6. The van der Waals surface area contributed by atoms with Crippen molar-refractivity contribution in [2.75, 3.05) is 0 Å². The molecule has 0 radical (unpaired) electrons. The molecule has 2 N–H and O–H groups in total. The fraction of sp³-hybridized carbons (Fsp3) is 0.333. The summed E-state index contributed by atoms with van der Waals surface area (Å²) in [6, 6.07) is 0. The van der Waals surface area contributed by atoms with E-state index in [4.69, 9.17) is 14.9 Å². The van der Waals surface area contributed by atoms with Crippen LogP contribution in [0.25, 0.3) is 0 Å². The maximum Gasteiger partial charge on any atom is 0.331 e. The Morgan fingerprint density at radius 1 is 0.806 bits per heavy atom. The maximum atomic E-state index is 11.1. The molecular weight excluding hydrogens is 400 g/mol. The first-order valence-electron chi connectivity index (χ1n) is 9.20. The maximum absolute atomic E-state index is 11.1. The number of aliphatic hydroxyl groups is 1. The number of Topliss-reactive ketones (excluding diaryl/α,β-unsaturated/α-hetero) is 2. The van der Waals surface area contributed by atoms with Crippen molar-refractivity contribution >= 4 is 23.5 Å². The molecule has 0 saturated heterocycles. The summed E-state index contributed by atoms with van der Waals surface area (Å²) in [5, 5.41) is 16.5. The number of hydrogen-bond donors (Lipinski definition) is 2. The number of hydrogen-bond acceptors (Lipinski definition) is 6. The SMILES string of the molecule is C/C=C/C=C/C(=O)O.C/C=C/C=C/C(=O)O[C@H](C)C#CC(C)=O.CC(=O)C#C[C@@H](C)O. The molecule has 31 heavy (non-hydrogen) atoms. The summed E-state index contributed by atoms with van der Waals surface area (Å²) in [6.07, 6.45) is 11.1. The molecule has 0 aromatic carbocycles. The molecular formula is C24H30O7. The van der Waals surface area contributed by atoms with Crippen LogP contribution < -0.4 is 0 Å². The van der Waals surface area contributed by atoms with E-state index in [-0.39, 0.29) is 11.6 Å². The van der Waals surface area contributed by atoms with Crippen molar-refractivity contribution in [3.63, 3.8) is 0 Å². The Balaban J connectivity index is -0.000000415. The largest absolute Gasteiger partial charge is 0.478 e. The fourth-order valence-corrected chi connectivity index (χ4v) is 1.15. The standard InChI is InChI=1S/C12H14O3.2C6H8O2/c1-4-5-6-7-12(14)15-11(3)9-8-10(2)13;1-5(7)3-4-6(2)8;1-2-3-4-5-6(7)8/h4-7,11H,1-3H3;5,7H,1-2H3;2-5H,1H3,(H,7,8)/b5-4+,7-6+;;3-2+,5-4+/t11-;5-;/m11./s1. The van der Waals surface area contributed by atoms with Crippen LogP contribution in [0.1, 0.15) is 41.5 Å². The van der Waals surface area contributed by atoms with Crippen LogP contribution in [0.15, 0.2) is 48.6 Å². The number of carbonyl (C=O) groups is 4. The third kappa shape index (κ3) is 37.7. The molecule has 0 amide bonds. The lowest BCUT2D eigenvalue weighted by atomic mass is 10.3. The van der Waals surface area contributed by atoms with Crippen molar-refractivity contribution < 1.29 is 34.1 Å². The Hall–Kier alpha value is -3.68. The van der Waals surface area contributed by atoms with E-state index in [1.165, 1.54) is 32.9 Å². The molecule has 0 unspecified atom stereocenters. The van der Waals surface area contributed by atoms with Gasteiger partial charge in [-0.2, -0.15) is 0 Å². The first kappa shape index (κ1) is 32.0. The number of aliphatic hydroxyl groups excluding tert-OH is 1. The molecule has 2 atom stereocenters. The highest BCUT2D eigenvalue weighted by Gasteiger charge is 2.01. The molecule has 0 aliphatic heterocycles. The van der Waals surface area contributed by atoms with E-state index >= 15 is 0 Å². The average Bonchev–Trinajstić information content (AvgIpc) is 2.66. The molecule has 7 heteroatoms. The normalized spacial score (nSPS) is 11.7. The highest BCUT2D eigenvalue weighted by molar-refractivity contribution is 5.93. The van der Waals surface area contributed by atoms with Gasteiger partial charge in [0.25, 0.3) is 0 Å². The molecule has 0 spiro atoms. The van der Waals surface area contributed by atoms with Crippen LogP contribution in [0.5, 0.6) is 0 Å². The van der Waals surface area contributed by atoms with E-state index in [9.17, 15) is 19.2 Å². The van der Waals surface area contributed by atoms with Crippen LogP contribution in [0, 0.1) is 23.7 Å². The van der Waals surface area contributed by atoms with E-state index in [2.05, 4.69) is 23.7 Å². The Labute approximate surface area is 184 Å². The second-order valence-corrected chi connectivity index (χ2v) is 5.51. The first-order chi connectivity index (χ1) is 14.5. The van der Waals surface area contributed by atoms with Gasteiger partial charge in [-0.3, -0.25) is 9.59 Å². The third-order valence-electron chi connectivity index (χ3n) is 2.28. The Morgan fingerprint density at radius 2 is 1.26 bits per heavy atom. The molecule has 0 heterocycles. The van der Waals surface area contributed by atoms with Crippen LogP contribution >= 0.6 is 0 Å². The summed E-state index contributed by atoms with van der Waals surface area (Å²) in [5.74, 6) is 7.48. The smallest absolute Gasteiger partial charge is 0.331 e. The summed E-state index contributed by atoms with van der Waals surface area (Å²) in [5.41, 5.74) is 0. The van der Waals surface area contributed by atoms with Crippen molar-refractivity contribution in [1.82, 2.24) is 0 Å². The number of ketones is 2. The van der Waals surface area contributed by atoms with Crippen LogP contribution in [-0.2, 0) is 23.9 Å². The zero-order valence-corrected chi connectivity index (χ0v) is 18.7. The van der Waals surface area contributed by atoms with Crippen LogP contribution in [-0.4, -0.2) is 45.9 Å². The van der Waals surface area contributed by atoms with Crippen molar-refractivity contribution in [2.24, 2.45) is 0 Å². The van der Waals surface area contributed by atoms with Crippen LogP contribution in [0.4, 0.5) is 0 Å². The van der Waals surface area contributed by atoms with Crippen molar-refractivity contribution in [1.29, 1.82) is 0 Å². The van der Waals surface area contributed by atoms with E-state index in [1.807, 2.05) is 13.8 Å². The quantitative estimate of drug-likeness (QED) is 0.226. The number of carboxylic acids is 1. The van der Waals surface area contributed by atoms with Gasteiger partial charge < -0.3 is 14.9 Å². The lowest BCUT2D eigenvalue weighted by Crippen LogP contribution is -2.10. The molecule has 0 aromatic rings. The predicted octanol–water partition coefficient (Wildman–Crippen LogP) is 2.81. The van der Waals surface area contributed by atoms with E-state index < -0.39 is 24.1 Å². The molecule has 0 aromatic heterocycles. The third-order valence-corrected chi connectivity index (χ3v) is 2.28. The lowest BCUT2D eigenvalue weighted by molar-refractivity contribution is -0.140. The molecule has 0 aliphatic carbocycles. The fourth-order valence-electron chi connectivity index (χ4n) is 1.15. The van der Waals surface area contributed by atoms with Gasteiger partial charge in [0.15, 0.2) is 6.10 Å². The Morgan fingerprint density at radius 3 is 1.61 bits per heavy atom. The molecule has 0 fully saturated rings. The van der Waals surface area contributed by atoms with Gasteiger partial charge in [-0.05, 0) is 39.5 Å². The number of carbonyl (C=O) groups excluding carboxylic acids is 3. The molecule has 0 bridgehead atoms. The molecule has 0 rings (SSSR count). The summed E-state index contributed by atoms with van der Waals surface area (Å²) in [7, 11) is 0. The molecule has 168 valence electrons. The van der Waals surface area contributed by atoms with Gasteiger partial charge in [-0.15, -0.1) is 0 Å². The number of aliphatic carboxylic acids is 1. The Kier molecular flexibility index (Phi) is 23.3. The van der Waals surface area contributed by atoms with Gasteiger partial charge in [0.2, 0.25) is 11.6 Å². The lowest BCUT2D eigenvalue weighted by Gasteiger charge is -2.02. The second-order valence-electron chi connectivity index (χ2n) is 5.51. The van der Waals surface area contributed by atoms with Crippen LogP contribution in [0.3, 0.4) is 0 Å². The first-order valence-corrected chi connectivity index (χ1v) is 9.20. The topological polar surface area (TPSA) is 118 Å². The predicted molar refractivity (Wildman–Crippen MR) is 120 cm³/mol. The minimum absolute atomic E-state index is 0.217. The zero-order valence-electron chi connectivity index (χ0n) is 18.7. The number of esters is 1. The van der Waals surface area contributed by atoms with E-state index in [0.717, 1.165) is 6.08 Å². The van der Waals surface area contributed by atoms with Crippen molar-refractivity contribution in [2.45, 2.75) is 53.8 Å². The second kappa shape index (κ2) is 22.6. The van der Waals surface area contributed by atoms with Gasteiger partial charge in [0, 0.05) is 26.0 Å². The van der Waals surface area contributed by atoms with Crippen LogP contribution in [0.2, 0.25) is 0 Å². The van der Waals surface area contributed by atoms with Gasteiger partial charge >= 0.3 is 11.9 Å². The zero-order chi connectivity index (χ0) is 24.7. The van der Waals surface area contributed by atoms with Gasteiger partial charge in [-0.25, -0.2) is 9.59 Å². The summed E-state index contributed by atoms with van der Waals surface area (Å²) in [6.45, 7) is 9.50. The van der Waals surface area contributed by atoms with Gasteiger partial charge in [0.05, 0.1) is 0 Å². The highest BCUT2D eigenvalue weighted by atomic mass is 16.5. The highest BCUT2D eigenvalue weighted by Crippen LogP contribution is 1.91. The van der Waals surface area contributed by atoms with Crippen molar-refractivity contribution in [3.05, 3.63) is 48.6 Å². The number of carboxylic acid groups (broad SMARTS) is 1. The minimum Gasteiger partial charge on any atom is -0.478 e. The monoisotopic (exact) mass is 430 g/mol. The molecule has 7 nitrogen and oxygen atoms in total.